The molecule has 0 radical (unpaired) electrons. The first-order valence-corrected chi connectivity index (χ1v) is 5.66. The van der Waals surface area contributed by atoms with E-state index in [4.69, 9.17) is 0 Å². The van der Waals surface area contributed by atoms with E-state index >= 15 is 0 Å². The van der Waals surface area contributed by atoms with E-state index < -0.39 is 11.0 Å². The van der Waals surface area contributed by atoms with Gasteiger partial charge in [0.25, 0.3) is 5.91 Å². The van der Waals surface area contributed by atoms with E-state index in [9.17, 15) is 14.9 Å². The van der Waals surface area contributed by atoms with Gasteiger partial charge in [-0.1, -0.05) is 0 Å². The van der Waals surface area contributed by atoms with Crippen LogP contribution < -0.4 is 0 Å². The van der Waals surface area contributed by atoms with Gasteiger partial charge in [0, 0.05) is 5.69 Å². The van der Waals surface area contributed by atoms with Gasteiger partial charge < -0.3 is 0 Å². The van der Waals surface area contributed by atoms with E-state index in [0.29, 0.717) is 0 Å². The molecule has 1 atom stereocenters. The normalized spacial score (nSPS) is 12.4. The molecular formula is C11H13N5O3. The highest BCUT2D eigenvalue weighted by atomic mass is 16.6. The molecule has 0 N–H and O–H groups in total. The lowest BCUT2D eigenvalue weighted by molar-refractivity contribution is -0.385. The van der Waals surface area contributed by atoms with Gasteiger partial charge in [-0.2, -0.15) is 10.2 Å². The zero-order valence-electron chi connectivity index (χ0n) is 10.8. The number of hydrogen-bond donors (Lipinski definition) is 0. The summed E-state index contributed by atoms with van der Waals surface area (Å²) in [4.78, 5) is 22.3. The number of nitrogens with zero attached hydrogens (tertiary/aromatic N) is 5. The lowest BCUT2D eigenvalue weighted by atomic mass is 10.3. The van der Waals surface area contributed by atoms with Crippen molar-refractivity contribution in [2.45, 2.75) is 26.8 Å². The number of nitro groups is 1. The van der Waals surface area contributed by atoms with E-state index in [1.807, 2.05) is 0 Å². The Labute approximate surface area is 108 Å². The summed E-state index contributed by atoms with van der Waals surface area (Å²) in [6.45, 7) is 5.19. The number of rotatable bonds is 3. The summed E-state index contributed by atoms with van der Waals surface area (Å²) in [5, 5.41) is 18.5. The molecule has 0 saturated carbocycles. The van der Waals surface area contributed by atoms with Crippen LogP contribution in [0.4, 0.5) is 5.69 Å². The first-order chi connectivity index (χ1) is 8.90. The molecule has 0 bridgehead atoms. The number of aromatic nitrogens is 4. The van der Waals surface area contributed by atoms with E-state index in [1.165, 1.54) is 15.6 Å². The fraction of sp³-hybridized carbons (Fsp3) is 0.364. The molecule has 0 aliphatic rings. The number of hydrogen-bond acceptors (Lipinski definition) is 5. The van der Waals surface area contributed by atoms with E-state index in [0.717, 1.165) is 17.6 Å². The van der Waals surface area contributed by atoms with E-state index in [1.54, 1.807) is 26.8 Å². The van der Waals surface area contributed by atoms with Gasteiger partial charge >= 0.3 is 5.69 Å². The summed E-state index contributed by atoms with van der Waals surface area (Å²) in [5.41, 5.74) is 1.31. The number of carbonyl (C=O) groups is 1. The van der Waals surface area contributed by atoms with Gasteiger partial charge in [-0.15, -0.1) is 0 Å². The molecule has 0 saturated heterocycles. The Kier molecular flexibility index (Phi) is 3.16. The van der Waals surface area contributed by atoms with E-state index in [2.05, 4.69) is 10.2 Å². The molecule has 8 nitrogen and oxygen atoms in total. The van der Waals surface area contributed by atoms with Crippen LogP contribution in [-0.4, -0.2) is 30.4 Å². The van der Waals surface area contributed by atoms with Gasteiger partial charge in [-0.25, -0.2) is 4.68 Å². The molecule has 0 aliphatic carbocycles. The molecule has 19 heavy (non-hydrogen) atoms. The standard InChI is InChI=1S/C11H13N5O3/c1-7-4-8(2)15(13-7)11(17)9(3)14-6-10(5-12-14)16(18)19/h4-6,9H,1-3H3. The maximum atomic E-state index is 12.2. The minimum absolute atomic E-state index is 0.145. The van der Waals surface area contributed by atoms with Crippen LogP contribution in [0.1, 0.15) is 29.1 Å². The van der Waals surface area contributed by atoms with Crippen molar-refractivity contribution in [2.75, 3.05) is 0 Å². The molecule has 8 heteroatoms. The van der Waals surface area contributed by atoms with Gasteiger partial charge in [0.05, 0.1) is 10.6 Å². The van der Waals surface area contributed by atoms with Gasteiger partial charge in [0.2, 0.25) is 0 Å². The second-order valence-electron chi connectivity index (χ2n) is 4.29. The molecular weight excluding hydrogens is 250 g/mol. The SMILES string of the molecule is Cc1cc(C)n(C(=O)C(C)n2cc([N+](=O)[O-])cn2)n1. The molecule has 0 aliphatic heterocycles. The quantitative estimate of drug-likeness (QED) is 0.617. The van der Waals surface area contributed by atoms with Crippen molar-refractivity contribution in [3.05, 3.63) is 40.0 Å². The van der Waals surface area contributed by atoms with Crippen molar-refractivity contribution in [3.8, 4) is 0 Å². The van der Waals surface area contributed by atoms with Crippen molar-refractivity contribution in [3.63, 3.8) is 0 Å². The van der Waals surface area contributed by atoms with Gasteiger partial charge in [0.15, 0.2) is 0 Å². The van der Waals surface area contributed by atoms with Crippen molar-refractivity contribution in [1.29, 1.82) is 0 Å². The predicted molar refractivity (Wildman–Crippen MR) is 65.9 cm³/mol. The summed E-state index contributed by atoms with van der Waals surface area (Å²) in [5.74, 6) is -0.288. The Hall–Kier alpha value is -2.51. The lowest BCUT2D eigenvalue weighted by Crippen LogP contribution is -2.25. The first-order valence-electron chi connectivity index (χ1n) is 5.66. The molecule has 1 unspecified atom stereocenters. The molecule has 2 aromatic rings. The monoisotopic (exact) mass is 263 g/mol. The van der Waals surface area contributed by atoms with E-state index in [-0.39, 0.29) is 11.6 Å². The van der Waals surface area contributed by atoms with Crippen LogP contribution in [-0.2, 0) is 0 Å². The van der Waals surface area contributed by atoms with Crippen molar-refractivity contribution >= 4 is 11.6 Å². The molecule has 0 amide bonds. The molecule has 2 rings (SSSR count). The molecule has 0 spiro atoms. The Morgan fingerprint density at radius 2 is 2.16 bits per heavy atom. The van der Waals surface area contributed by atoms with Gasteiger partial charge in [0.1, 0.15) is 18.4 Å². The summed E-state index contributed by atoms with van der Waals surface area (Å²) in [6.07, 6.45) is 2.35. The third kappa shape index (κ3) is 2.37. The summed E-state index contributed by atoms with van der Waals surface area (Å²) < 4.78 is 2.55. The topological polar surface area (TPSA) is 95.8 Å². The van der Waals surface area contributed by atoms with Crippen molar-refractivity contribution in [2.24, 2.45) is 0 Å². The Morgan fingerprint density at radius 1 is 1.47 bits per heavy atom. The van der Waals surface area contributed by atoms with Crippen molar-refractivity contribution in [1.82, 2.24) is 19.6 Å². The van der Waals surface area contributed by atoms with Crippen LogP contribution in [0.5, 0.6) is 0 Å². The largest absolute Gasteiger partial charge is 0.307 e. The number of carbonyl (C=O) groups excluding carboxylic acids is 1. The molecule has 0 aromatic carbocycles. The van der Waals surface area contributed by atoms with Crippen LogP contribution in [0, 0.1) is 24.0 Å². The second-order valence-corrected chi connectivity index (χ2v) is 4.29. The summed E-state index contributed by atoms with van der Waals surface area (Å²) in [6, 6.07) is 1.13. The van der Waals surface area contributed by atoms with Crippen LogP contribution in [0.15, 0.2) is 18.5 Å². The highest BCUT2D eigenvalue weighted by Crippen LogP contribution is 2.15. The van der Waals surface area contributed by atoms with Crippen LogP contribution in [0.2, 0.25) is 0 Å². The minimum atomic E-state index is -0.660. The average molecular weight is 263 g/mol. The lowest BCUT2D eigenvalue weighted by Gasteiger charge is -2.11. The number of aryl methyl sites for hydroxylation is 2. The molecule has 2 heterocycles. The van der Waals surface area contributed by atoms with Gasteiger partial charge in [-0.3, -0.25) is 19.6 Å². The zero-order chi connectivity index (χ0) is 14.2. The molecule has 100 valence electrons. The zero-order valence-corrected chi connectivity index (χ0v) is 10.8. The van der Waals surface area contributed by atoms with Gasteiger partial charge in [-0.05, 0) is 26.8 Å². The highest BCUT2D eigenvalue weighted by molar-refractivity contribution is 5.82. The van der Waals surface area contributed by atoms with Crippen LogP contribution in [0.3, 0.4) is 0 Å². The fourth-order valence-electron chi connectivity index (χ4n) is 1.78. The van der Waals surface area contributed by atoms with Crippen LogP contribution >= 0.6 is 0 Å². The maximum absolute atomic E-state index is 12.2. The maximum Gasteiger partial charge on any atom is 0.307 e. The highest BCUT2D eigenvalue weighted by Gasteiger charge is 2.22. The van der Waals surface area contributed by atoms with Crippen molar-refractivity contribution < 1.29 is 9.72 Å². The average Bonchev–Trinajstić information content (AvgIpc) is 2.94. The molecule has 2 aromatic heterocycles. The second kappa shape index (κ2) is 4.63. The third-order valence-corrected chi connectivity index (χ3v) is 2.77. The molecule has 0 fully saturated rings. The Balaban J connectivity index is 2.28. The Bertz CT molecular complexity index is 643. The van der Waals surface area contributed by atoms with Crippen LogP contribution in [0.25, 0.3) is 0 Å². The smallest absolute Gasteiger partial charge is 0.270 e. The minimum Gasteiger partial charge on any atom is -0.270 e. The Morgan fingerprint density at radius 3 is 2.63 bits per heavy atom. The summed E-state index contributed by atoms with van der Waals surface area (Å²) in [7, 11) is 0. The predicted octanol–water partition coefficient (Wildman–Crippen LogP) is 1.51. The third-order valence-electron chi connectivity index (χ3n) is 2.77. The summed E-state index contributed by atoms with van der Waals surface area (Å²) >= 11 is 0. The first kappa shape index (κ1) is 12.9. The fourth-order valence-corrected chi connectivity index (χ4v) is 1.78.